The van der Waals surface area contributed by atoms with E-state index in [1.54, 1.807) is 0 Å². The minimum absolute atomic E-state index is 0. The molecule has 2 aliphatic heterocycles. The Morgan fingerprint density at radius 3 is 2.79 bits per heavy atom. The Balaban J connectivity index is 0.00000180. The molecule has 0 saturated carbocycles. The van der Waals surface area contributed by atoms with Gasteiger partial charge in [-0.25, -0.2) is 0 Å². The van der Waals surface area contributed by atoms with Gasteiger partial charge >= 0.3 is 29.6 Å². The first-order valence-electron chi connectivity index (χ1n) is 5.32. The number of thioether (sulfide) groups is 2. The number of nitrogens with one attached hydrogen (secondary N) is 1. The molecule has 6 nitrogen and oxygen atoms in total. The van der Waals surface area contributed by atoms with E-state index in [4.69, 9.17) is 0 Å². The van der Waals surface area contributed by atoms with Crippen molar-refractivity contribution in [2.75, 3.05) is 12.3 Å². The molecule has 1 saturated heterocycles. The summed E-state index contributed by atoms with van der Waals surface area (Å²) >= 11 is 2.70. The molecule has 98 valence electrons. The van der Waals surface area contributed by atoms with Crippen LogP contribution in [-0.2, 0) is 14.4 Å². The number of rotatable bonds is 5. The van der Waals surface area contributed by atoms with E-state index in [0.29, 0.717) is 23.0 Å². The zero-order chi connectivity index (χ0) is 13.3. The van der Waals surface area contributed by atoms with E-state index in [1.807, 2.05) is 0 Å². The fraction of sp³-hybridized carbons (Fsp3) is 0.500. The zero-order valence-corrected chi connectivity index (χ0v) is 14.2. The van der Waals surface area contributed by atoms with Crippen LogP contribution in [0.3, 0.4) is 0 Å². The molecule has 2 heterocycles. The summed E-state index contributed by atoms with van der Waals surface area (Å²) in [5.74, 6) is -1.06. The molecule has 0 bridgehead atoms. The number of nitrogens with zero attached hydrogens (tertiary/aromatic N) is 1. The Bertz CT molecular complexity index is 455. The van der Waals surface area contributed by atoms with E-state index in [1.165, 1.54) is 35.3 Å². The number of carboxylic acid groups (broad SMARTS) is 1. The predicted molar refractivity (Wildman–Crippen MR) is 66.0 cm³/mol. The van der Waals surface area contributed by atoms with Gasteiger partial charge in [0.25, 0.3) is 0 Å². The van der Waals surface area contributed by atoms with Gasteiger partial charge in [0, 0.05) is 19.2 Å². The minimum atomic E-state index is -1.32. The van der Waals surface area contributed by atoms with Gasteiger partial charge < -0.3 is 15.2 Å². The summed E-state index contributed by atoms with van der Waals surface area (Å²) in [6.45, 7) is 1.88. The summed E-state index contributed by atoms with van der Waals surface area (Å²) in [7, 11) is 0. The van der Waals surface area contributed by atoms with Crippen LogP contribution >= 0.6 is 23.5 Å². The molecule has 0 aromatic rings. The Hall–Kier alpha value is -0.150. The Morgan fingerprint density at radius 2 is 2.26 bits per heavy atom. The van der Waals surface area contributed by atoms with Crippen LogP contribution < -0.4 is 40.0 Å². The standard InChI is InChI=1S/C10H12N2O4S2.Na/c1-5(13)11-2-3-17-10-8(9(15)16)12-6(14)4-7(12)18-10;/h7H,2-4H2,1H3,(H,11,13)(H,15,16);/q;+1/p-1/t7-;/m1./s1. The van der Waals surface area contributed by atoms with Gasteiger partial charge in [-0.3, -0.25) is 14.5 Å². The molecule has 0 unspecified atom stereocenters. The van der Waals surface area contributed by atoms with Gasteiger partial charge in [0.2, 0.25) is 11.8 Å². The van der Waals surface area contributed by atoms with Gasteiger partial charge in [-0.05, 0) is 0 Å². The summed E-state index contributed by atoms with van der Waals surface area (Å²) in [6.07, 6.45) is 0.372. The number of carbonyl (C=O) groups excluding carboxylic acids is 3. The molecule has 19 heavy (non-hydrogen) atoms. The molecule has 1 N–H and O–H groups in total. The van der Waals surface area contributed by atoms with Crippen LogP contribution in [0.25, 0.3) is 0 Å². The molecule has 1 fully saturated rings. The van der Waals surface area contributed by atoms with Crippen LogP contribution in [0, 0.1) is 0 Å². The number of carboxylic acids is 1. The average molecular weight is 310 g/mol. The van der Waals surface area contributed by atoms with Crippen molar-refractivity contribution in [3.8, 4) is 0 Å². The van der Waals surface area contributed by atoms with Crippen molar-refractivity contribution in [1.82, 2.24) is 10.2 Å². The van der Waals surface area contributed by atoms with Crippen molar-refractivity contribution < 1.29 is 49.0 Å². The molecule has 0 radical (unpaired) electrons. The van der Waals surface area contributed by atoms with Gasteiger partial charge in [0.15, 0.2) is 0 Å². The van der Waals surface area contributed by atoms with Crippen molar-refractivity contribution in [2.45, 2.75) is 18.7 Å². The number of hydrogen-bond donors (Lipinski definition) is 1. The molecule has 0 aromatic heterocycles. The maximum absolute atomic E-state index is 11.3. The van der Waals surface area contributed by atoms with Crippen molar-refractivity contribution in [3.63, 3.8) is 0 Å². The largest absolute Gasteiger partial charge is 1.00 e. The Labute approximate surface area is 141 Å². The number of aliphatic carboxylic acids is 1. The number of carbonyl (C=O) groups is 3. The van der Waals surface area contributed by atoms with Crippen LogP contribution in [0.15, 0.2) is 9.93 Å². The molecule has 0 spiro atoms. The average Bonchev–Trinajstić information content (AvgIpc) is 2.57. The second kappa shape index (κ2) is 7.03. The molecular formula is C10H11N2NaO4S2. The molecule has 2 amide bonds. The molecule has 2 aliphatic rings. The van der Waals surface area contributed by atoms with E-state index in [9.17, 15) is 19.5 Å². The summed E-state index contributed by atoms with van der Waals surface area (Å²) < 4.78 is 0.594. The molecule has 0 aromatic carbocycles. The third kappa shape index (κ3) is 3.69. The molecule has 0 aliphatic carbocycles. The summed E-state index contributed by atoms with van der Waals surface area (Å²) in [4.78, 5) is 34.3. The predicted octanol–water partition coefficient (Wildman–Crippen LogP) is -3.92. The fourth-order valence-electron chi connectivity index (χ4n) is 1.68. The fourth-order valence-corrected chi connectivity index (χ4v) is 4.34. The van der Waals surface area contributed by atoms with Crippen LogP contribution in [0.2, 0.25) is 0 Å². The Kier molecular flexibility index (Phi) is 6.25. The van der Waals surface area contributed by atoms with Crippen molar-refractivity contribution in [2.24, 2.45) is 0 Å². The van der Waals surface area contributed by atoms with Gasteiger partial charge in [0.1, 0.15) is 0 Å². The van der Waals surface area contributed by atoms with Gasteiger partial charge in [-0.15, -0.1) is 11.8 Å². The maximum atomic E-state index is 11.3. The first-order chi connectivity index (χ1) is 8.50. The minimum Gasteiger partial charge on any atom is -0.543 e. The second-order valence-corrected chi connectivity index (χ2v) is 6.35. The van der Waals surface area contributed by atoms with E-state index in [2.05, 4.69) is 5.32 Å². The number of fused-ring (bicyclic) bond motifs is 1. The molecule has 1 atom stereocenters. The zero-order valence-electron chi connectivity index (χ0n) is 10.6. The van der Waals surface area contributed by atoms with Crippen LogP contribution in [-0.4, -0.2) is 40.4 Å². The van der Waals surface area contributed by atoms with Gasteiger partial charge in [-0.2, -0.15) is 0 Å². The van der Waals surface area contributed by atoms with Crippen molar-refractivity contribution in [1.29, 1.82) is 0 Å². The number of amides is 2. The van der Waals surface area contributed by atoms with Crippen molar-refractivity contribution in [3.05, 3.63) is 9.93 Å². The quantitative estimate of drug-likeness (QED) is 0.317. The molecular weight excluding hydrogens is 299 g/mol. The van der Waals surface area contributed by atoms with Crippen molar-refractivity contribution >= 4 is 41.3 Å². The van der Waals surface area contributed by atoms with E-state index < -0.39 is 5.97 Å². The summed E-state index contributed by atoms with van der Waals surface area (Å²) in [6, 6.07) is 0. The summed E-state index contributed by atoms with van der Waals surface area (Å²) in [5, 5.41) is 13.6. The SMILES string of the molecule is CC(=O)NCCSC1=C(C(=O)[O-])N2C(=O)C[C@H]2S1.[Na+]. The van der Waals surface area contributed by atoms with E-state index >= 15 is 0 Å². The van der Waals surface area contributed by atoms with Crippen LogP contribution in [0.4, 0.5) is 0 Å². The third-order valence-corrected chi connectivity index (χ3v) is 5.05. The van der Waals surface area contributed by atoms with E-state index in [-0.39, 0.29) is 52.4 Å². The second-order valence-electron chi connectivity index (χ2n) is 3.80. The van der Waals surface area contributed by atoms with Crippen LogP contribution in [0.5, 0.6) is 0 Å². The maximum Gasteiger partial charge on any atom is 1.00 e. The molecule has 2 rings (SSSR count). The number of hydrogen-bond acceptors (Lipinski definition) is 6. The van der Waals surface area contributed by atoms with Gasteiger partial charge in [0.05, 0.1) is 27.7 Å². The Morgan fingerprint density at radius 1 is 1.58 bits per heavy atom. The first-order valence-corrected chi connectivity index (χ1v) is 7.19. The van der Waals surface area contributed by atoms with Gasteiger partial charge in [-0.1, -0.05) is 11.8 Å². The first kappa shape index (κ1) is 16.9. The third-order valence-electron chi connectivity index (χ3n) is 2.49. The monoisotopic (exact) mass is 310 g/mol. The normalized spacial score (nSPS) is 20.6. The topological polar surface area (TPSA) is 89.5 Å². The molecule has 9 heteroatoms. The summed E-state index contributed by atoms with van der Waals surface area (Å²) in [5.41, 5.74) is -0.0194. The number of β-lactam (4-membered cyclic amide) rings is 1. The van der Waals surface area contributed by atoms with E-state index in [0.717, 1.165) is 0 Å². The van der Waals surface area contributed by atoms with Crippen LogP contribution in [0.1, 0.15) is 13.3 Å². The smallest absolute Gasteiger partial charge is 0.543 e.